The lowest BCUT2D eigenvalue weighted by molar-refractivity contribution is -0.384. The van der Waals surface area contributed by atoms with Crippen LogP contribution in [0.2, 0.25) is 0 Å². The van der Waals surface area contributed by atoms with Gasteiger partial charge >= 0.3 is 0 Å². The molecule has 126 valence electrons. The van der Waals surface area contributed by atoms with E-state index in [1.165, 1.54) is 24.3 Å². The zero-order valence-electron chi connectivity index (χ0n) is 12.4. The summed E-state index contributed by atoms with van der Waals surface area (Å²) < 4.78 is 0.827. The van der Waals surface area contributed by atoms with Crippen LogP contribution in [-0.2, 0) is 0 Å². The number of non-ortho nitro benzene ring substituents is 1. The number of nitrogens with one attached hydrogen (secondary N) is 2. The third-order valence-corrected chi connectivity index (χ3v) is 3.96. The molecule has 0 fully saturated rings. The Kier molecular flexibility index (Phi) is 4.72. The van der Waals surface area contributed by atoms with E-state index in [0.29, 0.717) is 16.6 Å². The second kappa shape index (κ2) is 6.95. The van der Waals surface area contributed by atoms with Gasteiger partial charge in [0.2, 0.25) is 5.11 Å². The van der Waals surface area contributed by atoms with Crippen molar-refractivity contribution in [3.05, 3.63) is 57.1 Å². The number of nitrogens with zero attached hydrogens (tertiary/aromatic N) is 3. The summed E-state index contributed by atoms with van der Waals surface area (Å²) in [5, 5.41) is 32.0. The number of nitro groups is 1. The summed E-state index contributed by atoms with van der Waals surface area (Å²) in [6.45, 7) is 0. The fourth-order valence-electron chi connectivity index (χ4n) is 2.12. The standard InChI is InChI=1S/C15H10BrN5O3S/c16-8-1-6-12-11(7-8)13(22)14(18-12)19-20-15(25)17-9-2-4-10(5-3-9)21(23)24/h1-7,18,22H,(H,17,25). The van der Waals surface area contributed by atoms with Crippen molar-refractivity contribution in [2.45, 2.75) is 0 Å². The highest BCUT2D eigenvalue weighted by molar-refractivity contribution is 9.10. The third-order valence-electron chi connectivity index (χ3n) is 3.28. The van der Waals surface area contributed by atoms with Gasteiger partial charge in [-0.15, -0.1) is 10.2 Å². The number of azo groups is 1. The van der Waals surface area contributed by atoms with Crippen LogP contribution in [0.3, 0.4) is 0 Å². The molecule has 0 aliphatic carbocycles. The lowest BCUT2D eigenvalue weighted by Gasteiger charge is -2.02. The number of nitro benzene ring substituents is 1. The number of anilines is 1. The van der Waals surface area contributed by atoms with Crippen molar-refractivity contribution in [3.63, 3.8) is 0 Å². The van der Waals surface area contributed by atoms with Crippen molar-refractivity contribution < 1.29 is 10.0 Å². The first-order valence-corrected chi connectivity index (χ1v) is 8.11. The molecule has 0 unspecified atom stereocenters. The van der Waals surface area contributed by atoms with E-state index in [2.05, 4.69) is 36.5 Å². The van der Waals surface area contributed by atoms with Gasteiger partial charge in [-0.3, -0.25) is 10.1 Å². The molecule has 1 heterocycles. The monoisotopic (exact) mass is 419 g/mol. The maximum atomic E-state index is 10.6. The summed E-state index contributed by atoms with van der Waals surface area (Å²) in [6.07, 6.45) is 0. The minimum Gasteiger partial charge on any atom is -0.504 e. The number of hydrogen-bond acceptors (Lipinski definition) is 5. The van der Waals surface area contributed by atoms with E-state index in [1.807, 2.05) is 6.07 Å². The van der Waals surface area contributed by atoms with Crippen LogP contribution in [0.15, 0.2) is 57.2 Å². The van der Waals surface area contributed by atoms with E-state index in [1.54, 1.807) is 12.1 Å². The van der Waals surface area contributed by atoms with Crippen molar-refractivity contribution in [2.75, 3.05) is 5.32 Å². The molecule has 25 heavy (non-hydrogen) atoms. The Bertz CT molecular complexity index is 1000. The molecule has 0 spiro atoms. The van der Waals surface area contributed by atoms with E-state index >= 15 is 0 Å². The molecule has 0 saturated heterocycles. The SMILES string of the molecule is O=[N+]([O-])c1ccc(NC(=S)N=Nc2[nH]c3ccc(Br)cc3c2O)cc1. The maximum absolute atomic E-state index is 10.6. The van der Waals surface area contributed by atoms with Gasteiger partial charge in [-0.25, -0.2) is 0 Å². The molecule has 0 saturated carbocycles. The molecule has 3 aromatic rings. The topological polar surface area (TPSA) is 116 Å². The van der Waals surface area contributed by atoms with Gasteiger partial charge in [0.1, 0.15) is 0 Å². The number of thiocarbonyl (C=S) groups is 1. The molecule has 0 atom stereocenters. The van der Waals surface area contributed by atoms with Crippen molar-refractivity contribution in [1.82, 2.24) is 4.98 Å². The molecule has 0 aliphatic rings. The van der Waals surface area contributed by atoms with Crippen LogP contribution >= 0.6 is 28.1 Å². The largest absolute Gasteiger partial charge is 0.504 e. The smallest absolute Gasteiger partial charge is 0.269 e. The molecule has 10 heteroatoms. The quantitative estimate of drug-likeness (QED) is 0.238. The molecule has 2 aromatic carbocycles. The summed E-state index contributed by atoms with van der Waals surface area (Å²) in [5.41, 5.74) is 1.23. The Balaban J connectivity index is 1.74. The third kappa shape index (κ3) is 3.80. The molecule has 3 rings (SSSR count). The predicted molar refractivity (Wildman–Crippen MR) is 101 cm³/mol. The van der Waals surface area contributed by atoms with Gasteiger partial charge in [0, 0.05) is 27.7 Å². The molecule has 0 radical (unpaired) electrons. The first-order chi connectivity index (χ1) is 11.9. The van der Waals surface area contributed by atoms with E-state index < -0.39 is 4.92 Å². The van der Waals surface area contributed by atoms with Crippen LogP contribution in [-0.4, -0.2) is 20.1 Å². The molecule has 3 N–H and O–H groups in total. The summed E-state index contributed by atoms with van der Waals surface area (Å²) in [4.78, 5) is 13.1. The molecule has 8 nitrogen and oxygen atoms in total. The highest BCUT2D eigenvalue weighted by Gasteiger charge is 2.10. The van der Waals surface area contributed by atoms with E-state index in [-0.39, 0.29) is 22.4 Å². The summed E-state index contributed by atoms with van der Waals surface area (Å²) in [6, 6.07) is 11.1. The van der Waals surface area contributed by atoms with Gasteiger partial charge in [-0.1, -0.05) is 15.9 Å². The van der Waals surface area contributed by atoms with Crippen LogP contribution in [0.1, 0.15) is 0 Å². The average Bonchev–Trinajstić information content (AvgIpc) is 2.89. The van der Waals surface area contributed by atoms with Crippen LogP contribution < -0.4 is 5.32 Å². The Morgan fingerprint density at radius 2 is 2.00 bits per heavy atom. The van der Waals surface area contributed by atoms with Crippen molar-refractivity contribution in [1.29, 1.82) is 0 Å². The molecular weight excluding hydrogens is 410 g/mol. The fourth-order valence-corrected chi connectivity index (χ4v) is 2.64. The van der Waals surface area contributed by atoms with Crippen molar-refractivity contribution >= 4 is 61.4 Å². The highest BCUT2D eigenvalue weighted by atomic mass is 79.9. The molecule has 0 amide bonds. The Hall–Kier alpha value is -2.85. The maximum Gasteiger partial charge on any atom is 0.269 e. The Morgan fingerprint density at radius 3 is 2.68 bits per heavy atom. The number of aromatic hydroxyl groups is 1. The number of aromatic nitrogens is 1. The van der Waals surface area contributed by atoms with Gasteiger partial charge in [0.15, 0.2) is 11.6 Å². The first kappa shape index (κ1) is 17.0. The molecule has 0 aliphatic heterocycles. The molecule has 1 aromatic heterocycles. The van der Waals surface area contributed by atoms with Gasteiger partial charge in [0.25, 0.3) is 5.69 Å². The lowest BCUT2D eigenvalue weighted by atomic mass is 10.2. The van der Waals surface area contributed by atoms with Crippen molar-refractivity contribution in [3.8, 4) is 5.75 Å². The summed E-state index contributed by atoms with van der Waals surface area (Å²) >= 11 is 8.39. The van der Waals surface area contributed by atoms with Crippen LogP contribution in [0.25, 0.3) is 10.9 Å². The lowest BCUT2D eigenvalue weighted by Crippen LogP contribution is -2.04. The predicted octanol–water partition coefficient (Wildman–Crippen LogP) is 5.02. The number of rotatable bonds is 3. The van der Waals surface area contributed by atoms with Crippen molar-refractivity contribution in [2.24, 2.45) is 10.2 Å². The molecule has 0 bridgehead atoms. The van der Waals surface area contributed by atoms with Crippen LogP contribution in [0.4, 0.5) is 17.2 Å². The first-order valence-electron chi connectivity index (χ1n) is 6.91. The van der Waals surface area contributed by atoms with Crippen LogP contribution in [0, 0.1) is 10.1 Å². The van der Waals surface area contributed by atoms with E-state index in [0.717, 1.165) is 4.47 Å². The number of fused-ring (bicyclic) bond motifs is 1. The minimum atomic E-state index is -0.487. The highest BCUT2D eigenvalue weighted by Crippen LogP contribution is 2.36. The van der Waals surface area contributed by atoms with Gasteiger partial charge in [0.05, 0.1) is 10.4 Å². The second-order valence-electron chi connectivity index (χ2n) is 4.95. The Morgan fingerprint density at radius 1 is 1.28 bits per heavy atom. The van der Waals surface area contributed by atoms with E-state index in [9.17, 15) is 15.2 Å². The number of halogens is 1. The summed E-state index contributed by atoms with van der Waals surface area (Å²) in [7, 11) is 0. The number of aromatic amines is 1. The average molecular weight is 420 g/mol. The number of benzene rings is 2. The van der Waals surface area contributed by atoms with Crippen LogP contribution in [0.5, 0.6) is 5.75 Å². The second-order valence-corrected chi connectivity index (χ2v) is 6.25. The number of H-pyrrole nitrogens is 1. The van der Waals surface area contributed by atoms with Gasteiger partial charge in [-0.2, -0.15) is 0 Å². The normalized spacial score (nSPS) is 11.1. The summed E-state index contributed by atoms with van der Waals surface area (Å²) in [5.74, 6) is 0.152. The van der Waals surface area contributed by atoms with E-state index in [4.69, 9.17) is 12.2 Å². The zero-order chi connectivity index (χ0) is 18.0. The molecular formula is C15H10BrN5O3S. The minimum absolute atomic E-state index is 0.0211. The van der Waals surface area contributed by atoms with Gasteiger partial charge < -0.3 is 15.4 Å². The fraction of sp³-hybridized carbons (Fsp3) is 0. The number of hydrogen-bond donors (Lipinski definition) is 3. The zero-order valence-corrected chi connectivity index (χ0v) is 14.8. The van der Waals surface area contributed by atoms with Gasteiger partial charge in [-0.05, 0) is 42.5 Å². The Labute approximate surface area is 154 Å².